The first kappa shape index (κ1) is 19.5. The van der Waals surface area contributed by atoms with E-state index in [4.69, 9.17) is 4.42 Å². The highest BCUT2D eigenvalue weighted by Gasteiger charge is 2.22. The fourth-order valence-corrected chi connectivity index (χ4v) is 3.75. The number of pyridine rings is 1. The standard InChI is InChI=1S/C23H28N4O2/c1-17-7-8-19(24-16-17)9-10-26-11-13-27(14-12-26)20-6-4-5-18-15-21(29-22(18)20)23(28)25(2)3/h4-8,15-16H,9-14H2,1-3H3. The summed E-state index contributed by atoms with van der Waals surface area (Å²) in [6, 6.07) is 12.2. The van der Waals surface area contributed by atoms with Crippen LogP contribution in [0.15, 0.2) is 47.0 Å². The number of nitrogens with zero attached hydrogens (tertiary/aromatic N) is 4. The van der Waals surface area contributed by atoms with Gasteiger partial charge in [-0.3, -0.25) is 14.7 Å². The Labute approximate surface area is 171 Å². The summed E-state index contributed by atoms with van der Waals surface area (Å²) >= 11 is 0. The molecule has 0 N–H and O–H groups in total. The van der Waals surface area contributed by atoms with Crippen molar-refractivity contribution in [1.29, 1.82) is 0 Å². The molecule has 0 aliphatic carbocycles. The summed E-state index contributed by atoms with van der Waals surface area (Å²) < 4.78 is 5.96. The predicted molar refractivity (Wildman–Crippen MR) is 116 cm³/mol. The van der Waals surface area contributed by atoms with Gasteiger partial charge in [-0.2, -0.15) is 0 Å². The average molecular weight is 393 g/mol. The lowest BCUT2D eigenvalue weighted by Gasteiger charge is -2.36. The Morgan fingerprint density at radius 2 is 1.93 bits per heavy atom. The third kappa shape index (κ3) is 4.27. The fourth-order valence-electron chi connectivity index (χ4n) is 3.75. The number of carbonyl (C=O) groups excluding carboxylic acids is 1. The molecule has 0 atom stereocenters. The van der Waals surface area contributed by atoms with Crippen molar-refractivity contribution < 1.29 is 9.21 Å². The van der Waals surface area contributed by atoms with Gasteiger partial charge in [0, 0.05) is 70.5 Å². The number of carbonyl (C=O) groups is 1. The van der Waals surface area contributed by atoms with Crippen molar-refractivity contribution in [3.8, 4) is 0 Å². The van der Waals surface area contributed by atoms with E-state index >= 15 is 0 Å². The summed E-state index contributed by atoms with van der Waals surface area (Å²) in [4.78, 5) is 23.2. The van der Waals surface area contributed by atoms with Crippen LogP contribution in [0, 0.1) is 6.92 Å². The number of amides is 1. The molecule has 0 radical (unpaired) electrons. The number of piperazine rings is 1. The summed E-state index contributed by atoms with van der Waals surface area (Å²) in [5.74, 6) is 0.281. The predicted octanol–water partition coefficient (Wildman–Crippen LogP) is 3.20. The zero-order valence-electron chi connectivity index (χ0n) is 17.4. The Morgan fingerprint density at radius 3 is 2.62 bits per heavy atom. The zero-order chi connectivity index (χ0) is 20.4. The Balaban J connectivity index is 1.41. The lowest BCUT2D eigenvalue weighted by Crippen LogP contribution is -2.47. The number of fused-ring (bicyclic) bond motifs is 1. The maximum atomic E-state index is 12.3. The molecular weight excluding hydrogens is 364 g/mol. The molecule has 0 unspecified atom stereocenters. The van der Waals surface area contributed by atoms with Gasteiger partial charge in [0.05, 0.1) is 5.69 Å². The molecule has 0 spiro atoms. The van der Waals surface area contributed by atoms with Crippen LogP contribution in [0.5, 0.6) is 0 Å². The second kappa shape index (κ2) is 8.25. The first-order chi connectivity index (χ1) is 14.0. The number of benzene rings is 1. The van der Waals surface area contributed by atoms with E-state index in [0.717, 1.165) is 61.5 Å². The molecule has 152 valence electrons. The largest absolute Gasteiger partial charge is 0.449 e. The SMILES string of the molecule is Cc1ccc(CCN2CCN(c3cccc4cc(C(=O)N(C)C)oc34)CC2)nc1. The summed E-state index contributed by atoms with van der Waals surface area (Å²) in [7, 11) is 3.48. The fraction of sp³-hybridized carbons (Fsp3) is 0.391. The summed E-state index contributed by atoms with van der Waals surface area (Å²) in [5.41, 5.74) is 4.22. The van der Waals surface area contributed by atoms with E-state index in [2.05, 4.69) is 39.9 Å². The highest BCUT2D eigenvalue weighted by Crippen LogP contribution is 2.30. The number of rotatable bonds is 5. The van der Waals surface area contributed by atoms with Gasteiger partial charge in [-0.1, -0.05) is 18.2 Å². The third-order valence-corrected chi connectivity index (χ3v) is 5.51. The molecule has 1 aliphatic rings. The van der Waals surface area contributed by atoms with Crippen LogP contribution in [-0.4, -0.2) is 67.5 Å². The Morgan fingerprint density at radius 1 is 1.14 bits per heavy atom. The smallest absolute Gasteiger partial charge is 0.289 e. The lowest BCUT2D eigenvalue weighted by atomic mass is 10.2. The van der Waals surface area contributed by atoms with Crippen molar-refractivity contribution in [1.82, 2.24) is 14.8 Å². The third-order valence-electron chi connectivity index (χ3n) is 5.51. The topological polar surface area (TPSA) is 52.8 Å². The number of para-hydroxylation sites is 1. The molecule has 0 saturated carbocycles. The quantitative estimate of drug-likeness (QED) is 0.667. The summed E-state index contributed by atoms with van der Waals surface area (Å²) in [6.45, 7) is 6.99. The van der Waals surface area contributed by atoms with Crippen LogP contribution in [0.1, 0.15) is 21.8 Å². The van der Waals surface area contributed by atoms with Crippen LogP contribution in [0.4, 0.5) is 5.69 Å². The van der Waals surface area contributed by atoms with Gasteiger partial charge in [0.25, 0.3) is 5.91 Å². The molecule has 3 aromatic rings. The van der Waals surface area contributed by atoms with Crippen LogP contribution in [-0.2, 0) is 6.42 Å². The molecule has 6 heteroatoms. The minimum Gasteiger partial charge on any atom is -0.449 e. The average Bonchev–Trinajstić information content (AvgIpc) is 3.17. The maximum absolute atomic E-state index is 12.3. The molecule has 29 heavy (non-hydrogen) atoms. The number of anilines is 1. The van der Waals surface area contributed by atoms with Crippen LogP contribution >= 0.6 is 0 Å². The van der Waals surface area contributed by atoms with Gasteiger partial charge in [0.2, 0.25) is 0 Å². The van der Waals surface area contributed by atoms with Crippen molar-refractivity contribution in [2.75, 3.05) is 51.7 Å². The van der Waals surface area contributed by atoms with E-state index in [0.29, 0.717) is 5.76 Å². The highest BCUT2D eigenvalue weighted by atomic mass is 16.3. The first-order valence-electron chi connectivity index (χ1n) is 10.1. The van der Waals surface area contributed by atoms with Crippen LogP contribution in [0.2, 0.25) is 0 Å². The minimum atomic E-state index is -0.110. The number of aromatic nitrogens is 1. The van der Waals surface area contributed by atoms with Crippen LogP contribution in [0.25, 0.3) is 11.0 Å². The molecule has 0 bridgehead atoms. The molecule has 1 amide bonds. The highest BCUT2D eigenvalue weighted by molar-refractivity contribution is 5.99. The molecule has 1 saturated heterocycles. The van der Waals surface area contributed by atoms with Gasteiger partial charge >= 0.3 is 0 Å². The number of furan rings is 1. The van der Waals surface area contributed by atoms with Crippen molar-refractivity contribution in [2.24, 2.45) is 0 Å². The Bertz CT molecular complexity index is 986. The van der Waals surface area contributed by atoms with Crippen LogP contribution in [0.3, 0.4) is 0 Å². The van der Waals surface area contributed by atoms with E-state index in [-0.39, 0.29) is 5.91 Å². The van der Waals surface area contributed by atoms with Gasteiger partial charge in [0.1, 0.15) is 0 Å². The summed E-state index contributed by atoms with van der Waals surface area (Å²) in [5, 5.41) is 0.973. The minimum absolute atomic E-state index is 0.110. The molecule has 2 aromatic heterocycles. The van der Waals surface area contributed by atoms with Crippen molar-refractivity contribution >= 4 is 22.6 Å². The Kier molecular flexibility index (Phi) is 5.53. The van der Waals surface area contributed by atoms with Crippen LogP contribution < -0.4 is 4.90 Å². The molecule has 1 fully saturated rings. The lowest BCUT2D eigenvalue weighted by molar-refractivity contribution is 0.0799. The second-order valence-electron chi connectivity index (χ2n) is 7.91. The Hall–Kier alpha value is -2.86. The van der Waals surface area contributed by atoms with Crippen molar-refractivity contribution in [3.05, 3.63) is 59.6 Å². The van der Waals surface area contributed by atoms with Gasteiger partial charge in [-0.15, -0.1) is 0 Å². The van der Waals surface area contributed by atoms with E-state index in [1.165, 1.54) is 5.56 Å². The first-order valence-corrected chi connectivity index (χ1v) is 10.1. The number of hydrogen-bond acceptors (Lipinski definition) is 5. The number of aryl methyl sites for hydroxylation is 1. The summed E-state index contributed by atoms with van der Waals surface area (Å²) in [6.07, 6.45) is 2.91. The van der Waals surface area contributed by atoms with E-state index in [1.54, 1.807) is 19.0 Å². The van der Waals surface area contributed by atoms with Crippen molar-refractivity contribution in [2.45, 2.75) is 13.3 Å². The monoisotopic (exact) mass is 392 g/mol. The van der Waals surface area contributed by atoms with E-state index in [1.807, 2.05) is 24.4 Å². The molecule has 4 rings (SSSR count). The molecule has 6 nitrogen and oxygen atoms in total. The molecule has 1 aromatic carbocycles. The number of hydrogen-bond donors (Lipinski definition) is 0. The van der Waals surface area contributed by atoms with Gasteiger partial charge < -0.3 is 14.2 Å². The normalized spacial score (nSPS) is 15.1. The second-order valence-corrected chi connectivity index (χ2v) is 7.91. The van der Waals surface area contributed by atoms with Gasteiger partial charge in [0.15, 0.2) is 11.3 Å². The van der Waals surface area contributed by atoms with Crippen molar-refractivity contribution in [3.63, 3.8) is 0 Å². The van der Waals surface area contributed by atoms with Gasteiger partial charge in [-0.05, 0) is 30.7 Å². The van der Waals surface area contributed by atoms with Gasteiger partial charge in [-0.25, -0.2) is 0 Å². The zero-order valence-corrected chi connectivity index (χ0v) is 17.4. The maximum Gasteiger partial charge on any atom is 0.289 e. The molecule has 1 aliphatic heterocycles. The molecule has 3 heterocycles. The molecular formula is C23H28N4O2. The van der Waals surface area contributed by atoms with E-state index in [9.17, 15) is 4.79 Å². The van der Waals surface area contributed by atoms with E-state index < -0.39 is 0 Å².